The number of phenolic OH excluding ortho intramolecular Hbond substituents is 1. The first-order valence-electron chi connectivity index (χ1n) is 6.03. The van der Waals surface area contributed by atoms with Crippen molar-refractivity contribution in [2.45, 2.75) is 6.92 Å². The lowest BCUT2D eigenvalue weighted by Crippen LogP contribution is -1.84. The lowest BCUT2D eigenvalue weighted by molar-refractivity contribution is 0.432. The van der Waals surface area contributed by atoms with Crippen molar-refractivity contribution in [3.05, 3.63) is 52.5 Å². The molecule has 0 amide bonds. The smallest absolute Gasteiger partial charge is 0.258 e. The van der Waals surface area contributed by atoms with E-state index in [2.05, 4.69) is 26.1 Å². The highest BCUT2D eigenvalue weighted by atomic mass is 79.9. The Morgan fingerprint density at radius 2 is 1.85 bits per heavy atom. The highest BCUT2D eigenvalue weighted by Crippen LogP contribution is 2.27. The molecule has 1 N–H and O–H groups in total. The van der Waals surface area contributed by atoms with Crippen LogP contribution in [-0.4, -0.2) is 15.2 Å². The topological polar surface area (TPSA) is 59.2 Å². The number of aromatic hydroxyl groups is 1. The highest BCUT2D eigenvalue weighted by molar-refractivity contribution is 9.10. The van der Waals surface area contributed by atoms with Crippen molar-refractivity contribution >= 4 is 15.9 Å². The van der Waals surface area contributed by atoms with Gasteiger partial charge in [0.2, 0.25) is 5.82 Å². The van der Waals surface area contributed by atoms with Crippen molar-refractivity contribution in [2.24, 2.45) is 0 Å². The Kier molecular flexibility index (Phi) is 3.28. The van der Waals surface area contributed by atoms with Gasteiger partial charge in [-0.2, -0.15) is 4.98 Å². The Morgan fingerprint density at radius 1 is 1.10 bits per heavy atom. The molecule has 3 aromatic rings. The fourth-order valence-electron chi connectivity index (χ4n) is 1.94. The van der Waals surface area contributed by atoms with E-state index in [1.165, 1.54) is 0 Å². The summed E-state index contributed by atoms with van der Waals surface area (Å²) in [4.78, 5) is 4.40. The van der Waals surface area contributed by atoms with E-state index in [1.807, 2.05) is 31.2 Å². The fraction of sp³-hybridized carbons (Fsp3) is 0.0667. The number of rotatable bonds is 2. The summed E-state index contributed by atoms with van der Waals surface area (Å²) in [6, 6.07) is 12.7. The zero-order chi connectivity index (χ0) is 14.1. The van der Waals surface area contributed by atoms with Crippen LogP contribution in [-0.2, 0) is 0 Å². The van der Waals surface area contributed by atoms with Crippen LogP contribution in [0, 0.1) is 6.92 Å². The molecule has 5 heteroatoms. The van der Waals surface area contributed by atoms with Crippen molar-refractivity contribution < 1.29 is 9.63 Å². The Balaban J connectivity index is 1.99. The number of phenols is 1. The third-order valence-corrected chi connectivity index (χ3v) is 3.50. The van der Waals surface area contributed by atoms with Gasteiger partial charge in [-0.25, -0.2) is 0 Å². The van der Waals surface area contributed by atoms with Gasteiger partial charge in [0.1, 0.15) is 5.75 Å². The van der Waals surface area contributed by atoms with Crippen LogP contribution < -0.4 is 0 Å². The lowest BCUT2D eigenvalue weighted by atomic mass is 10.1. The van der Waals surface area contributed by atoms with E-state index < -0.39 is 0 Å². The van der Waals surface area contributed by atoms with E-state index in [4.69, 9.17) is 4.52 Å². The molecule has 1 heterocycles. The number of hydrogen-bond donors (Lipinski definition) is 1. The maximum Gasteiger partial charge on any atom is 0.258 e. The van der Waals surface area contributed by atoms with Gasteiger partial charge in [-0.05, 0) is 55.0 Å². The molecule has 100 valence electrons. The Bertz CT molecular complexity index is 751. The van der Waals surface area contributed by atoms with Crippen molar-refractivity contribution in [1.29, 1.82) is 0 Å². The molecule has 0 bridgehead atoms. The van der Waals surface area contributed by atoms with Gasteiger partial charge in [-0.3, -0.25) is 0 Å². The molecule has 0 atom stereocenters. The normalized spacial score (nSPS) is 10.7. The minimum atomic E-state index is 0.221. The zero-order valence-electron chi connectivity index (χ0n) is 10.7. The van der Waals surface area contributed by atoms with Crippen LogP contribution in [0.4, 0.5) is 0 Å². The molecule has 0 spiro atoms. The van der Waals surface area contributed by atoms with Gasteiger partial charge in [-0.15, -0.1) is 0 Å². The van der Waals surface area contributed by atoms with Gasteiger partial charge in [0.15, 0.2) is 0 Å². The van der Waals surface area contributed by atoms with Gasteiger partial charge >= 0.3 is 0 Å². The molecule has 0 fully saturated rings. The quantitative estimate of drug-likeness (QED) is 0.765. The van der Waals surface area contributed by atoms with E-state index >= 15 is 0 Å². The monoisotopic (exact) mass is 330 g/mol. The lowest BCUT2D eigenvalue weighted by Gasteiger charge is -2.00. The largest absolute Gasteiger partial charge is 0.508 e. The molecule has 4 nitrogen and oxygen atoms in total. The summed E-state index contributed by atoms with van der Waals surface area (Å²) in [5.41, 5.74) is 2.59. The maximum absolute atomic E-state index is 9.42. The fourth-order valence-corrected chi connectivity index (χ4v) is 2.20. The summed E-state index contributed by atoms with van der Waals surface area (Å²) < 4.78 is 6.30. The molecule has 3 rings (SSSR count). The zero-order valence-corrected chi connectivity index (χ0v) is 12.3. The molecule has 0 aliphatic rings. The van der Waals surface area contributed by atoms with Gasteiger partial charge in [0.05, 0.1) is 0 Å². The second-order valence-corrected chi connectivity index (χ2v) is 5.34. The average Bonchev–Trinajstić information content (AvgIpc) is 2.89. The molecule has 0 radical (unpaired) electrons. The maximum atomic E-state index is 9.42. The standard InChI is InChI=1S/C15H11BrN2O2/c1-9-8-12(19)6-7-13(9)15-17-14(18-20-15)10-2-4-11(16)5-3-10/h2-8,19H,1H3. The SMILES string of the molecule is Cc1cc(O)ccc1-c1nc(-c2ccc(Br)cc2)no1. The number of aryl methyl sites for hydroxylation is 1. The molecular weight excluding hydrogens is 320 g/mol. The second-order valence-electron chi connectivity index (χ2n) is 4.43. The third kappa shape index (κ3) is 2.44. The van der Waals surface area contributed by atoms with Crippen LogP contribution in [0.5, 0.6) is 5.75 Å². The predicted molar refractivity (Wildman–Crippen MR) is 79.3 cm³/mol. The molecular formula is C15H11BrN2O2. The van der Waals surface area contributed by atoms with Gasteiger partial charge in [0, 0.05) is 15.6 Å². The summed E-state index contributed by atoms with van der Waals surface area (Å²) in [5, 5.41) is 13.4. The number of benzene rings is 2. The van der Waals surface area contributed by atoms with Crippen LogP contribution in [0.3, 0.4) is 0 Å². The van der Waals surface area contributed by atoms with E-state index in [-0.39, 0.29) is 5.75 Å². The first-order valence-corrected chi connectivity index (χ1v) is 6.82. The molecule has 0 unspecified atom stereocenters. The molecule has 0 saturated carbocycles. The third-order valence-electron chi connectivity index (χ3n) is 2.97. The molecule has 2 aromatic carbocycles. The Morgan fingerprint density at radius 3 is 2.55 bits per heavy atom. The second kappa shape index (κ2) is 5.09. The minimum absolute atomic E-state index is 0.221. The van der Waals surface area contributed by atoms with Crippen molar-refractivity contribution in [2.75, 3.05) is 0 Å². The van der Waals surface area contributed by atoms with Crippen LogP contribution in [0.1, 0.15) is 5.56 Å². The summed E-state index contributed by atoms with van der Waals surface area (Å²) in [6.07, 6.45) is 0. The minimum Gasteiger partial charge on any atom is -0.508 e. The molecule has 0 aliphatic carbocycles. The molecule has 0 saturated heterocycles. The number of halogens is 1. The van der Waals surface area contributed by atoms with E-state index in [9.17, 15) is 5.11 Å². The summed E-state index contributed by atoms with van der Waals surface area (Å²) in [5.74, 6) is 1.21. The van der Waals surface area contributed by atoms with Gasteiger partial charge in [0.25, 0.3) is 5.89 Å². The Hall–Kier alpha value is -2.14. The first kappa shape index (κ1) is 12.9. The number of nitrogens with zero attached hydrogens (tertiary/aromatic N) is 2. The van der Waals surface area contributed by atoms with E-state index in [1.54, 1.807) is 18.2 Å². The molecule has 0 aliphatic heterocycles. The van der Waals surface area contributed by atoms with Crippen LogP contribution in [0.2, 0.25) is 0 Å². The Labute approximate surface area is 124 Å². The van der Waals surface area contributed by atoms with Gasteiger partial charge < -0.3 is 9.63 Å². The highest BCUT2D eigenvalue weighted by Gasteiger charge is 2.12. The van der Waals surface area contributed by atoms with Crippen molar-refractivity contribution in [1.82, 2.24) is 10.1 Å². The molecule has 1 aromatic heterocycles. The van der Waals surface area contributed by atoms with Crippen LogP contribution in [0.25, 0.3) is 22.8 Å². The summed E-state index contributed by atoms with van der Waals surface area (Å²) in [6.45, 7) is 1.89. The first-order chi connectivity index (χ1) is 9.63. The predicted octanol–water partition coefficient (Wildman–Crippen LogP) is 4.18. The average molecular weight is 331 g/mol. The number of aromatic nitrogens is 2. The van der Waals surface area contributed by atoms with Crippen LogP contribution in [0.15, 0.2) is 51.5 Å². The number of hydrogen-bond acceptors (Lipinski definition) is 4. The van der Waals surface area contributed by atoms with Crippen LogP contribution >= 0.6 is 15.9 Å². The molecule has 20 heavy (non-hydrogen) atoms. The van der Waals surface area contributed by atoms with Crippen molar-refractivity contribution in [3.63, 3.8) is 0 Å². The van der Waals surface area contributed by atoms with Crippen molar-refractivity contribution in [3.8, 4) is 28.6 Å². The van der Waals surface area contributed by atoms with E-state index in [0.29, 0.717) is 11.7 Å². The van der Waals surface area contributed by atoms with Gasteiger partial charge in [-0.1, -0.05) is 21.1 Å². The van der Waals surface area contributed by atoms with E-state index in [0.717, 1.165) is 21.2 Å². The summed E-state index contributed by atoms with van der Waals surface area (Å²) in [7, 11) is 0. The summed E-state index contributed by atoms with van der Waals surface area (Å²) >= 11 is 3.39.